The van der Waals surface area contributed by atoms with Gasteiger partial charge >= 0.3 is 5.97 Å². The summed E-state index contributed by atoms with van der Waals surface area (Å²) in [5, 5.41) is 2.91. The zero-order valence-electron chi connectivity index (χ0n) is 11.6. The van der Waals surface area contributed by atoms with Crippen molar-refractivity contribution in [2.24, 2.45) is 0 Å². The lowest BCUT2D eigenvalue weighted by molar-refractivity contribution is -0.150. The molecule has 1 rings (SSSR count). The van der Waals surface area contributed by atoms with Crippen molar-refractivity contribution in [1.82, 2.24) is 5.32 Å². The third kappa shape index (κ3) is 3.33. The summed E-state index contributed by atoms with van der Waals surface area (Å²) >= 11 is 0. The van der Waals surface area contributed by atoms with Crippen LogP contribution in [0.1, 0.15) is 19.4 Å². The third-order valence-corrected chi connectivity index (χ3v) is 4.17. The first-order valence-corrected chi connectivity index (χ1v) is 7.81. The van der Waals surface area contributed by atoms with Crippen LogP contribution in [-0.4, -0.2) is 34.3 Å². The number of carbonyl (C=O) groups is 1. The van der Waals surface area contributed by atoms with E-state index in [0.29, 0.717) is 5.56 Å². The molecule has 1 aromatic rings. The van der Waals surface area contributed by atoms with Gasteiger partial charge in [-0.3, -0.25) is 0 Å². The second-order valence-corrected chi connectivity index (χ2v) is 6.41. The highest BCUT2D eigenvalue weighted by molar-refractivity contribution is 7.90. The van der Waals surface area contributed by atoms with Crippen LogP contribution in [0.2, 0.25) is 0 Å². The number of ether oxygens (including phenoxy) is 1. The number of hydrogen-bond acceptors (Lipinski definition) is 5. The van der Waals surface area contributed by atoms with E-state index in [1.54, 1.807) is 33.0 Å². The van der Waals surface area contributed by atoms with Gasteiger partial charge in [0.15, 0.2) is 9.84 Å². The smallest absolute Gasteiger partial charge is 0.330 e. The average Bonchev–Trinajstić information content (AvgIpc) is 2.37. The van der Waals surface area contributed by atoms with Gasteiger partial charge in [0.05, 0.1) is 11.5 Å². The van der Waals surface area contributed by atoms with E-state index < -0.39 is 21.3 Å². The van der Waals surface area contributed by atoms with Crippen molar-refractivity contribution in [3.63, 3.8) is 0 Å². The summed E-state index contributed by atoms with van der Waals surface area (Å²) in [6.07, 6.45) is 1.14. The maximum atomic E-state index is 12.0. The van der Waals surface area contributed by atoms with Gasteiger partial charge in [-0.1, -0.05) is 12.1 Å². The zero-order chi connectivity index (χ0) is 14.7. The van der Waals surface area contributed by atoms with Crippen LogP contribution < -0.4 is 5.32 Å². The summed E-state index contributed by atoms with van der Waals surface area (Å²) in [6.45, 7) is 3.72. The molecule has 0 saturated heterocycles. The topological polar surface area (TPSA) is 72.5 Å². The fourth-order valence-corrected chi connectivity index (χ4v) is 2.31. The van der Waals surface area contributed by atoms with E-state index in [2.05, 4.69) is 5.32 Å². The van der Waals surface area contributed by atoms with E-state index in [1.165, 1.54) is 12.1 Å². The van der Waals surface area contributed by atoms with Crippen molar-refractivity contribution in [3.05, 3.63) is 29.8 Å². The summed E-state index contributed by atoms with van der Waals surface area (Å²) < 4.78 is 27.8. The first-order valence-electron chi connectivity index (χ1n) is 5.92. The fourth-order valence-electron chi connectivity index (χ4n) is 1.68. The van der Waals surface area contributed by atoms with E-state index >= 15 is 0 Å². The average molecular weight is 285 g/mol. The Morgan fingerprint density at radius 1 is 1.32 bits per heavy atom. The van der Waals surface area contributed by atoms with E-state index in [9.17, 15) is 13.2 Å². The summed E-state index contributed by atoms with van der Waals surface area (Å²) in [6, 6.07) is 6.20. The molecular weight excluding hydrogens is 266 g/mol. The molecule has 5 nitrogen and oxygen atoms in total. The SMILES string of the molecule is CCOC(=O)C(C)(NC)c1ccc(S(C)(=O)=O)cc1. The Morgan fingerprint density at radius 3 is 2.21 bits per heavy atom. The van der Waals surface area contributed by atoms with Crippen LogP contribution >= 0.6 is 0 Å². The highest BCUT2D eigenvalue weighted by Gasteiger charge is 2.35. The molecule has 0 bridgehead atoms. The van der Waals surface area contributed by atoms with Gasteiger partial charge in [0.25, 0.3) is 0 Å². The molecular formula is C13H19NO4S. The molecule has 106 valence electrons. The van der Waals surface area contributed by atoms with Crippen molar-refractivity contribution in [2.75, 3.05) is 19.9 Å². The number of esters is 1. The molecule has 0 radical (unpaired) electrons. The van der Waals surface area contributed by atoms with Gasteiger partial charge in [0.2, 0.25) is 0 Å². The number of likely N-dealkylation sites (N-methyl/N-ethyl adjacent to an activating group) is 1. The molecule has 6 heteroatoms. The van der Waals surface area contributed by atoms with Crippen molar-refractivity contribution in [1.29, 1.82) is 0 Å². The lowest BCUT2D eigenvalue weighted by atomic mass is 9.92. The molecule has 1 N–H and O–H groups in total. The minimum Gasteiger partial charge on any atom is -0.464 e. The van der Waals surface area contributed by atoms with Crippen LogP contribution in [0.25, 0.3) is 0 Å². The van der Waals surface area contributed by atoms with Crippen LogP contribution in [0.5, 0.6) is 0 Å². The molecule has 0 spiro atoms. The van der Waals surface area contributed by atoms with Crippen molar-refractivity contribution >= 4 is 15.8 Å². The second kappa shape index (κ2) is 5.71. The molecule has 0 aromatic heterocycles. The maximum absolute atomic E-state index is 12.0. The summed E-state index contributed by atoms with van der Waals surface area (Å²) in [5.74, 6) is -0.399. The first kappa shape index (κ1) is 15.7. The summed E-state index contributed by atoms with van der Waals surface area (Å²) in [5.41, 5.74) is -0.340. The van der Waals surface area contributed by atoms with E-state index in [-0.39, 0.29) is 11.5 Å². The highest BCUT2D eigenvalue weighted by Crippen LogP contribution is 2.23. The lowest BCUT2D eigenvalue weighted by Crippen LogP contribution is -2.45. The molecule has 0 amide bonds. The van der Waals surface area contributed by atoms with Gasteiger partial charge < -0.3 is 10.1 Å². The van der Waals surface area contributed by atoms with Gasteiger partial charge in [-0.15, -0.1) is 0 Å². The van der Waals surface area contributed by atoms with Crippen LogP contribution in [0.4, 0.5) is 0 Å². The Kier molecular flexibility index (Phi) is 4.70. The van der Waals surface area contributed by atoms with Gasteiger partial charge in [0, 0.05) is 6.26 Å². The maximum Gasteiger partial charge on any atom is 0.330 e. The van der Waals surface area contributed by atoms with Gasteiger partial charge in [0.1, 0.15) is 5.54 Å². The Morgan fingerprint density at radius 2 is 1.84 bits per heavy atom. The molecule has 0 heterocycles. The van der Waals surface area contributed by atoms with Crippen LogP contribution in [0, 0.1) is 0 Å². The fraction of sp³-hybridized carbons (Fsp3) is 0.462. The molecule has 0 aliphatic rings. The molecule has 0 aliphatic carbocycles. The Labute approximate surface area is 113 Å². The highest BCUT2D eigenvalue weighted by atomic mass is 32.2. The largest absolute Gasteiger partial charge is 0.464 e. The first-order chi connectivity index (χ1) is 8.75. The van der Waals surface area contributed by atoms with Crippen molar-refractivity contribution in [3.8, 4) is 0 Å². The third-order valence-electron chi connectivity index (χ3n) is 3.04. The standard InChI is InChI=1S/C13H19NO4S/c1-5-18-12(15)13(2,14-3)10-6-8-11(9-7-10)19(4,16)17/h6-9,14H,5H2,1-4H3. The van der Waals surface area contributed by atoms with Crippen molar-refractivity contribution < 1.29 is 17.9 Å². The van der Waals surface area contributed by atoms with E-state index in [0.717, 1.165) is 6.26 Å². The Hall–Kier alpha value is -1.40. The normalized spacial score (nSPS) is 14.7. The van der Waals surface area contributed by atoms with Crippen molar-refractivity contribution in [2.45, 2.75) is 24.3 Å². The second-order valence-electron chi connectivity index (χ2n) is 4.39. The van der Waals surface area contributed by atoms with Gasteiger partial charge in [-0.2, -0.15) is 0 Å². The minimum absolute atomic E-state index is 0.221. The monoisotopic (exact) mass is 285 g/mol. The van der Waals surface area contributed by atoms with Crippen LogP contribution in [0.3, 0.4) is 0 Å². The Bertz CT molecular complexity index is 551. The lowest BCUT2D eigenvalue weighted by Gasteiger charge is -2.27. The Balaban J connectivity index is 3.17. The quantitative estimate of drug-likeness (QED) is 0.820. The molecule has 19 heavy (non-hydrogen) atoms. The number of sulfone groups is 1. The van der Waals surface area contributed by atoms with E-state index in [4.69, 9.17) is 4.74 Å². The predicted octanol–water partition coefficient (Wildman–Crippen LogP) is 1.09. The molecule has 0 saturated carbocycles. The van der Waals surface area contributed by atoms with Crippen LogP contribution in [-0.2, 0) is 24.9 Å². The number of benzene rings is 1. The summed E-state index contributed by atoms with van der Waals surface area (Å²) in [4.78, 5) is 12.2. The van der Waals surface area contributed by atoms with Gasteiger partial charge in [-0.25, -0.2) is 13.2 Å². The molecule has 0 aliphatic heterocycles. The molecule has 1 aromatic carbocycles. The number of carbonyl (C=O) groups excluding carboxylic acids is 1. The minimum atomic E-state index is -3.24. The number of rotatable bonds is 5. The van der Waals surface area contributed by atoms with Crippen LogP contribution in [0.15, 0.2) is 29.2 Å². The molecule has 1 atom stereocenters. The summed E-state index contributed by atoms with van der Waals surface area (Å²) in [7, 11) is -1.58. The predicted molar refractivity (Wildman–Crippen MR) is 72.6 cm³/mol. The number of nitrogens with one attached hydrogen (secondary N) is 1. The van der Waals surface area contributed by atoms with Gasteiger partial charge in [-0.05, 0) is 38.6 Å². The molecule has 1 unspecified atom stereocenters. The number of hydrogen-bond donors (Lipinski definition) is 1. The zero-order valence-corrected chi connectivity index (χ0v) is 12.4. The van der Waals surface area contributed by atoms with E-state index in [1.807, 2.05) is 0 Å². The molecule has 0 fully saturated rings.